The maximum atomic E-state index is 12.6. The first-order valence-electron chi connectivity index (χ1n) is 34.4. The number of nitrogens with two attached hydrogens (primary N) is 3. The fourth-order valence-corrected chi connectivity index (χ4v) is 11.0. The van der Waals surface area contributed by atoms with Crippen molar-refractivity contribution in [3.8, 4) is 0 Å². The number of rotatable bonds is 52. The van der Waals surface area contributed by atoms with Crippen LogP contribution < -0.4 is 54.4 Å². The van der Waals surface area contributed by atoms with Crippen LogP contribution in [0.25, 0.3) is 0 Å². The molecule has 560 valence electrons. The third-order valence-corrected chi connectivity index (χ3v) is 17.0. The van der Waals surface area contributed by atoms with Gasteiger partial charge >= 0.3 is 18.3 Å². The molecule has 3 aliphatic rings. The second kappa shape index (κ2) is 50.7. The van der Waals surface area contributed by atoms with Crippen LogP contribution in [0.3, 0.4) is 0 Å². The molecule has 0 aliphatic carbocycles. The van der Waals surface area contributed by atoms with E-state index in [1.54, 1.807) is 0 Å². The zero-order chi connectivity index (χ0) is 70.5. The van der Waals surface area contributed by atoms with Gasteiger partial charge in [-0.2, -0.15) is 0 Å². The number of carbonyl (C=O) groups is 6. The van der Waals surface area contributed by atoms with Crippen molar-refractivity contribution in [2.75, 3.05) is 106 Å². The van der Waals surface area contributed by atoms with Gasteiger partial charge in [0.1, 0.15) is 54.9 Å². The van der Waals surface area contributed by atoms with Crippen LogP contribution in [0.2, 0.25) is 0 Å². The molecule has 0 aromatic rings. The summed E-state index contributed by atoms with van der Waals surface area (Å²) in [5, 5.41) is 109. The third-order valence-electron chi connectivity index (χ3n) is 17.0. The van der Waals surface area contributed by atoms with Gasteiger partial charge in [-0.1, -0.05) is 38.5 Å². The molecule has 3 heterocycles. The number of amides is 6. The number of aliphatic hydroxyl groups excluding tert-OH is 9. The number of unbranched alkanes of at least 4 members (excludes halogenated alkanes) is 9. The van der Waals surface area contributed by atoms with Gasteiger partial charge in [-0.25, -0.2) is 14.4 Å². The monoisotopic (exact) mass is 1390 g/mol. The van der Waals surface area contributed by atoms with Gasteiger partial charge in [-0.3, -0.25) is 14.4 Å². The number of carbonyl (C=O) groups excluding carboxylic acids is 6. The summed E-state index contributed by atoms with van der Waals surface area (Å²) in [5.41, 5.74) is 17.2. The van der Waals surface area contributed by atoms with E-state index in [4.69, 9.17) is 59.8 Å². The molecule has 6 amide bonds. The predicted molar refractivity (Wildman–Crippen MR) is 345 cm³/mol. The summed E-state index contributed by atoms with van der Waals surface area (Å²) in [7, 11) is 1.84. The van der Waals surface area contributed by atoms with E-state index in [9.17, 15) is 74.7 Å². The zero-order valence-corrected chi connectivity index (χ0v) is 56.1. The van der Waals surface area contributed by atoms with Crippen LogP contribution in [0.15, 0.2) is 0 Å². The van der Waals surface area contributed by atoms with Crippen molar-refractivity contribution in [1.82, 2.24) is 37.2 Å². The molecule has 0 bridgehead atoms. The lowest BCUT2D eigenvalue weighted by Crippen LogP contribution is -2.62. The van der Waals surface area contributed by atoms with Gasteiger partial charge < -0.3 is 143 Å². The van der Waals surface area contributed by atoms with Crippen molar-refractivity contribution in [2.45, 2.75) is 252 Å². The van der Waals surface area contributed by atoms with Crippen molar-refractivity contribution >= 4 is 36.0 Å². The average Bonchev–Trinajstić information content (AvgIpc) is 0.883. The average molecular weight is 1390 g/mol. The number of aliphatic hydroxyl groups is 9. The van der Waals surface area contributed by atoms with Gasteiger partial charge in [0.05, 0.1) is 77.6 Å². The molecule has 0 radical (unpaired) electrons. The van der Waals surface area contributed by atoms with Crippen LogP contribution in [-0.4, -0.2) is 285 Å². The molecule has 22 N–H and O–H groups in total. The number of alkyl carbamates (subject to hydrolysis) is 3. The molecule has 34 nitrogen and oxygen atoms in total. The zero-order valence-electron chi connectivity index (χ0n) is 56.1. The first kappa shape index (κ1) is 85.7. The molecular formula is C62H118N10O24. The summed E-state index contributed by atoms with van der Waals surface area (Å²) in [4.78, 5) is 74.7. The molecule has 3 aliphatic heterocycles. The lowest BCUT2D eigenvalue weighted by Gasteiger charge is -2.40. The largest absolute Gasteiger partial charge is 0.450 e. The Morgan fingerprint density at radius 1 is 0.354 bits per heavy atom. The predicted octanol–water partition coefficient (Wildman–Crippen LogP) is -2.82. The van der Waals surface area contributed by atoms with E-state index in [-0.39, 0.29) is 76.6 Å². The van der Waals surface area contributed by atoms with Crippen LogP contribution in [0.5, 0.6) is 0 Å². The number of hydrogen-bond donors (Lipinski definition) is 19. The molecule has 34 heteroatoms. The minimum atomic E-state index is -1.33. The minimum Gasteiger partial charge on any atom is -0.450 e. The standard InChI is InChI=1S/C62H118N10O24/c1-66-62(23-17-35-91-59(85)70-29-11-5-2-8-26-67-44(76)20-14-32-88-56-47(63)53(82)50(79)41(38-73)94-56,24-18-36-92-60(86)71-30-12-6-3-9-27-68-45(77)21-15-33-89-57-48(64)54(83)51(80)42(39-74)95-57)25-19-37-93-61(87)72-31-13-7-4-10-28-69-46(78)22-16-34-90-58-49(65)55(84)52(81)43(40-75)96-58/h41-43,47-58,66,73-75,79-84H,2-40,63-65H2,1H3,(H,67,76)(H,68,77)(H,69,78)(H,70,85)(H,71,86)(H,72,87). The van der Waals surface area contributed by atoms with Gasteiger partial charge in [0.25, 0.3) is 0 Å². The Morgan fingerprint density at radius 3 is 0.844 bits per heavy atom. The molecule has 0 aromatic heterocycles. The molecule has 15 atom stereocenters. The lowest BCUT2D eigenvalue weighted by atomic mass is 9.84. The summed E-state index contributed by atoms with van der Waals surface area (Å²) < 4.78 is 49.4. The van der Waals surface area contributed by atoms with Crippen LogP contribution in [-0.2, 0) is 57.0 Å². The lowest BCUT2D eigenvalue weighted by molar-refractivity contribution is -0.265. The first-order chi connectivity index (χ1) is 46.2. The van der Waals surface area contributed by atoms with Crippen LogP contribution >= 0.6 is 0 Å². The Kier molecular flexibility index (Phi) is 45.3. The van der Waals surface area contributed by atoms with E-state index in [1.807, 2.05) is 7.05 Å². The summed E-state index contributed by atoms with van der Waals surface area (Å²) >= 11 is 0. The Morgan fingerprint density at radius 2 is 0.604 bits per heavy atom. The molecule has 15 unspecified atom stereocenters. The van der Waals surface area contributed by atoms with Gasteiger partial charge in [-0.15, -0.1) is 0 Å². The number of ether oxygens (including phenoxy) is 9. The van der Waals surface area contributed by atoms with E-state index < -0.39 is 136 Å². The fourth-order valence-electron chi connectivity index (χ4n) is 11.0. The third kappa shape index (κ3) is 34.5. The highest BCUT2D eigenvalue weighted by atomic mass is 16.7. The summed E-state index contributed by atoms with van der Waals surface area (Å²) in [5.74, 6) is -0.455. The van der Waals surface area contributed by atoms with Crippen molar-refractivity contribution in [3.05, 3.63) is 0 Å². The Balaban J connectivity index is 1.28. The Hall–Kier alpha value is -4.54. The van der Waals surface area contributed by atoms with Gasteiger partial charge in [0.15, 0.2) is 18.9 Å². The quantitative estimate of drug-likeness (QED) is 0.0216. The maximum absolute atomic E-state index is 12.6. The smallest absolute Gasteiger partial charge is 0.407 e. The highest BCUT2D eigenvalue weighted by molar-refractivity contribution is 5.76. The van der Waals surface area contributed by atoms with Crippen molar-refractivity contribution in [3.63, 3.8) is 0 Å². The van der Waals surface area contributed by atoms with Crippen LogP contribution in [0.1, 0.15) is 154 Å². The molecule has 0 aromatic carbocycles. The molecular weight excluding hydrogens is 1270 g/mol. The van der Waals surface area contributed by atoms with Crippen molar-refractivity contribution < 1.29 is 117 Å². The second-order valence-electron chi connectivity index (χ2n) is 24.6. The Bertz CT molecular complexity index is 1900. The van der Waals surface area contributed by atoms with E-state index in [2.05, 4.69) is 37.2 Å². The molecule has 96 heavy (non-hydrogen) atoms. The Labute approximate surface area is 563 Å². The summed E-state index contributed by atoms with van der Waals surface area (Å²) in [6.45, 7) is 1.98. The molecule has 0 spiro atoms. The molecule has 3 saturated heterocycles. The van der Waals surface area contributed by atoms with E-state index in [0.717, 1.165) is 57.8 Å². The molecule has 3 rings (SSSR count). The first-order valence-corrected chi connectivity index (χ1v) is 34.4. The van der Waals surface area contributed by atoms with Crippen LogP contribution in [0.4, 0.5) is 14.4 Å². The highest BCUT2D eigenvalue weighted by Crippen LogP contribution is 2.27. The van der Waals surface area contributed by atoms with Gasteiger partial charge in [0, 0.05) is 64.1 Å². The fraction of sp³-hybridized carbons (Fsp3) is 0.903. The molecule has 0 saturated carbocycles. The topological polar surface area (TPSA) is 530 Å². The van der Waals surface area contributed by atoms with Gasteiger partial charge in [-0.05, 0) is 103 Å². The van der Waals surface area contributed by atoms with Crippen molar-refractivity contribution in [1.29, 1.82) is 0 Å². The number of nitrogens with one attached hydrogen (secondary N) is 7. The SMILES string of the molecule is CNC(CCCOC(=O)NCCCCCCNC(=O)CCCOC1OC(CO)C(O)C(O)C1N)(CCCOC(=O)NCCCCCCNC(=O)CCCOC1OC(CO)C(O)C(O)C1N)CCCOC(=O)NCCCCCCNC(=O)CCCOC1OC(CO)C(O)C(O)C1N. The molecule has 3 fully saturated rings. The summed E-state index contributed by atoms with van der Waals surface area (Å²) in [6, 6.07) is -3.03. The minimum absolute atomic E-state index is 0.125. The highest BCUT2D eigenvalue weighted by Gasteiger charge is 2.45. The second-order valence-corrected chi connectivity index (χ2v) is 24.6. The van der Waals surface area contributed by atoms with Crippen molar-refractivity contribution in [2.24, 2.45) is 17.2 Å². The van der Waals surface area contributed by atoms with E-state index in [0.29, 0.717) is 116 Å². The maximum Gasteiger partial charge on any atom is 0.407 e. The van der Waals surface area contributed by atoms with Gasteiger partial charge in [0.2, 0.25) is 17.7 Å². The summed E-state index contributed by atoms with van der Waals surface area (Å²) in [6.07, 6.45) is -1.41. The van der Waals surface area contributed by atoms with E-state index >= 15 is 0 Å². The number of hydrogen-bond acceptors (Lipinski definition) is 28. The van der Waals surface area contributed by atoms with E-state index in [1.165, 1.54) is 0 Å². The van der Waals surface area contributed by atoms with Crippen LogP contribution in [0, 0.1) is 0 Å². The normalized spacial score (nSPS) is 26.4.